The first-order valence-corrected chi connectivity index (χ1v) is 9.80. The fourth-order valence-electron chi connectivity index (χ4n) is 2.33. The van der Waals surface area contributed by atoms with Crippen LogP contribution in [0, 0.1) is 13.8 Å². The van der Waals surface area contributed by atoms with E-state index in [4.69, 9.17) is 4.74 Å². The van der Waals surface area contributed by atoms with Gasteiger partial charge in [-0.15, -0.1) is 21.5 Å². The molecule has 9 heteroatoms. The van der Waals surface area contributed by atoms with Gasteiger partial charge in [0.2, 0.25) is 5.91 Å². The number of para-hydroxylation sites is 1. The van der Waals surface area contributed by atoms with Crippen LogP contribution in [0.5, 0.6) is 5.75 Å². The van der Waals surface area contributed by atoms with Gasteiger partial charge in [0.15, 0.2) is 16.1 Å². The number of thioether (sulfide) groups is 1. The van der Waals surface area contributed by atoms with E-state index in [0.29, 0.717) is 22.7 Å². The number of rotatable bonds is 7. The molecule has 0 aliphatic heterocycles. The number of carbonyl (C=O) groups excluding carboxylic acids is 1. The normalized spacial score (nSPS) is 10.7. The number of carbonyl (C=O) groups is 1. The molecular weight excluding hydrogens is 370 g/mol. The van der Waals surface area contributed by atoms with Crippen molar-refractivity contribution in [2.45, 2.75) is 25.6 Å². The summed E-state index contributed by atoms with van der Waals surface area (Å²) in [4.78, 5) is 16.0. The quantitative estimate of drug-likeness (QED) is 0.625. The minimum Gasteiger partial charge on any atom is -0.485 e. The van der Waals surface area contributed by atoms with Gasteiger partial charge in [-0.2, -0.15) is 0 Å². The number of nitrogens with zero attached hydrogens (tertiary/aromatic N) is 4. The van der Waals surface area contributed by atoms with Crippen LogP contribution >= 0.6 is 23.1 Å². The summed E-state index contributed by atoms with van der Waals surface area (Å²) in [6.45, 7) is 4.35. The molecule has 2 heterocycles. The SMILES string of the molecule is Cc1cccc(C)c1OCc1nnc(SCC(=O)Nc2nccs2)n1C. The molecule has 0 spiro atoms. The number of thiazole rings is 1. The zero-order valence-corrected chi connectivity index (χ0v) is 16.4. The summed E-state index contributed by atoms with van der Waals surface area (Å²) < 4.78 is 7.77. The van der Waals surface area contributed by atoms with Crippen molar-refractivity contribution in [3.8, 4) is 5.75 Å². The molecule has 136 valence electrons. The highest BCUT2D eigenvalue weighted by molar-refractivity contribution is 7.99. The Morgan fingerprint density at radius 1 is 1.31 bits per heavy atom. The molecule has 3 aromatic rings. The minimum absolute atomic E-state index is 0.124. The second kappa shape index (κ2) is 8.33. The van der Waals surface area contributed by atoms with Gasteiger partial charge in [-0.3, -0.25) is 4.79 Å². The molecule has 1 amide bonds. The smallest absolute Gasteiger partial charge is 0.236 e. The van der Waals surface area contributed by atoms with Gasteiger partial charge in [-0.25, -0.2) is 4.98 Å². The highest BCUT2D eigenvalue weighted by Crippen LogP contribution is 2.24. The van der Waals surface area contributed by atoms with Crippen molar-refractivity contribution in [3.05, 3.63) is 46.7 Å². The lowest BCUT2D eigenvalue weighted by Crippen LogP contribution is -2.14. The van der Waals surface area contributed by atoms with E-state index < -0.39 is 0 Å². The third-order valence-electron chi connectivity index (χ3n) is 3.69. The summed E-state index contributed by atoms with van der Waals surface area (Å²) in [5.74, 6) is 1.69. The molecule has 0 saturated heterocycles. The van der Waals surface area contributed by atoms with Crippen molar-refractivity contribution in [2.75, 3.05) is 11.1 Å². The molecule has 2 aromatic heterocycles. The number of anilines is 1. The van der Waals surface area contributed by atoms with Gasteiger partial charge in [0, 0.05) is 18.6 Å². The highest BCUT2D eigenvalue weighted by atomic mass is 32.2. The van der Waals surface area contributed by atoms with Gasteiger partial charge in [-0.05, 0) is 25.0 Å². The van der Waals surface area contributed by atoms with Gasteiger partial charge < -0.3 is 14.6 Å². The molecule has 26 heavy (non-hydrogen) atoms. The Bertz CT molecular complexity index is 872. The third kappa shape index (κ3) is 4.41. The average molecular weight is 390 g/mol. The van der Waals surface area contributed by atoms with E-state index in [0.717, 1.165) is 16.9 Å². The first-order chi connectivity index (χ1) is 12.5. The maximum absolute atomic E-state index is 11.9. The molecule has 0 bridgehead atoms. The van der Waals surface area contributed by atoms with Crippen molar-refractivity contribution in [3.63, 3.8) is 0 Å². The number of amides is 1. The fraction of sp³-hybridized carbons (Fsp3) is 0.294. The molecule has 3 rings (SSSR count). The number of hydrogen-bond donors (Lipinski definition) is 1. The fourth-order valence-corrected chi connectivity index (χ4v) is 3.61. The zero-order chi connectivity index (χ0) is 18.5. The second-order valence-corrected chi connectivity index (χ2v) is 7.48. The summed E-state index contributed by atoms with van der Waals surface area (Å²) in [7, 11) is 1.87. The van der Waals surface area contributed by atoms with Crippen LogP contribution in [-0.2, 0) is 18.4 Å². The number of hydrogen-bond acceptors (Lipinski definition) is 7. The van der Waals surface area contributed by atoms with Crippen LogP contribution in [0.15, 0.2) is 34.9 Å². The maximum Gasteiger partial charge on any atom is 0.236 e. The Morgan fingerprint density at radius 3 is 2.77 bits per heavy atom. The Labute approximate surface area is 159 Å². The van der Waals surface area contributed by atoms with E-state index in [9.17, 15) is 4.79 Å². The molecule has 1 N–H and O–H groups in total. The summed E-state index contributed by atoms with van der Waals surface area (Å²) in [6.07, 6.45) is 1.65. The van der Waals surface area contributed by atoms with Crippen molar-refractivity contribution < 1.29 is 9.53 Å². The molecule has 0 atom stereocenters. The first kappa shape index (κ1) is 18.4. The summed E-state index contributed by atoms with van der Waals surface area (Å²) >= 11 is 2.71. The van der Waals surface area contributed by atoms with E-state index in [-0.39, 0.29) is 11.7 Å². The monoisotopic (exact) mass is 389 g/mol. The lowest BCUT2D eigenvalue weighted by atomic mass is 10.1. The molecular formula is C17H19N5O2S2. The molecule has 7 nitrogen and oxygen atoms in total. The Hall–Kier alpha value is -2.39. The summed E-state index contributed by atoms with van der Waals surface area (Å²) in [5, 5.41) is 14.1. The Kier molecular flexibility index (Phi) is 5.89. The Balaban J connectivity index is 1.56. The predicted octanol–water partition coefficient (Wildman–Crippen LogP) is 3.20. The third-order valence-corrected chi connectivity index (χ3v) is 5.40. The molecule has 0 aliphatic rings. The molecule has 0 fully saturated rings. The number of benzene rings is 1. The molecule has 0 radical (unpaired) electrons. The second-order valence-electron chi connectivity index (χ2n) is 5.64. The van der Waals surface area contributed by atoms with Gasteiger partial charge in [-0.1, -0.05) is 30.0 Å². The van der Waals surface area contributed by atoms with E-state index >= 15 is 0 Å². The van der Waals surface area contributed by atoms with Crippen molar-refractivity contribution in [1.82, 2.24) is 19.7 Å². The standard InChI is InChI=1S/C17H19N5O2S2/c1-11-5-4-6-12(2)15(11)24-9-13-20-21-17(22(13)3)26-10-14(23)19-16-18-7-8-25-16/h4-8H,9-10H2,1-3H3,(H,18,19,23). The highest BCUT2D eigenvalue weighted by Gasteiger charge is 2.13. The minimum atomic E-state index is -0.124. The number of aromatic nitrogens is 4. The largest absolute Gasteiger partial charge is 0.485 e. The molecule has 1 aromatic carbocycles. The van der Waals surface area contributed by atoms with Crippen LogP contribution in [0.3, 0.4) is 0 Å². The van der Waals surface area contributed by atoms with Gasteiger partial charge >= 0.3 is 0 Å². The van der Waals surface area contributed by atoms with Crippen LogP contribution in [0.4, 0.5) is 5.13 Å². The number of nitrogens with one attached hydrogen (secondary N) is 1. The lowest BCUT2D eigenvalue weighted by molar-refractivity contribution is -0.113. The number of ether oxygens (including phenoxy) is 1. The predicted molar refractivity (Wildman–Crippen MR) is 103 cm³/mol. The van der Waals surface area contributed by atoms with Crippen LogP contribution in [0.2, 0.25) is 0 Å². The first-order valence-electron chi connectivity index (χ1n) is 7.94. The van der Waals surface area contributed by atoms with Crippen molar-refractivity contribution >= 4 is 34.1 Å². The van der Waals surface area contributed by atoms with Crippen LogP contribution in [0.1, 0.15) is 17.0 Å². The van der Waals surface area contributed by atoms with Gasteiger partial charge in [0.1, 0.15) is 12.4 Å². The van der Waals surface area contributed by atoms with Crippen LogP contribution in [0.25, 0.3) is 0 Å². The molecule has 0 aliphatic carbocycles. The lowest BCUT2D eigenvalue weighted by Gasteiger charge is -2.11. The molecule has 0 saturated carbocycles. The van der Waals surface area contributed by atoms with Crippen LogP contribution in [-0.4, -0.2) is 31.4 Å². The average Bonchev–Trinajstić information content (AvgIpc) is 3.23. The summed E-state index contributed by atoms with van der Waals surface area (Å²) in [5.41, 5.74) is 2.17. The maximum atomic E-state index is 11.9. The van der Waals surface area contributed by atoms with Crippen molar-refractivity contribution in [1.29, 1.82) is 0 Å². The van der Waals surface area contributed by atoms with E-state index in [1.54, 1.807) is 6.20 Å². The van der Waals surface area contributed by atoms with Gasteiger partial charge in [0.05, 0.1) is 5.75 Å². The zero-order valence-electron chi connectivity index (χ0n) is 14.7. The van der Waals surface area contributed by atoms with E-state index in [1.807, 2.05) is 49.0 Å². The summed E-state index contributed by atoms with van der Waals surface area (Å²) in [6, 6.07) is 6.04. The number of aryl methyl sites for hydroxylation is 2. The topological polar surface area (TPSA) is 81.9 Å². The van der Waals surface area contributed by atoms with Crippen LogP contribution < -0.4 is 10.1 Å². The Morgan fingerprint density at radius 2 is 2.08 bits per heavy atom. The van der Waals surface area contributed by atoms with Gasteiger partial charge in [0.25, 0.3) is 0 Å². The van der Waals surface area contributed by atoms with Crippen molar-refractivity contribution in [2.24, 2.45) is 7.05 Å². The van der Waals surface area contributed by atoms with E-state index in [1.165, 1.54) is 23.1 Å². The molecule has 0 unspecified atom stereocenters. The van der Waals surface area contributed by atoms with E-state index in [2.05, 4.69) is 20.5 Å².